The lowest BCUT2D eigenvalue weighted by molar-refractivity contribution is -0.123. The van der Waals surface area contributed by atoms with Crippen LogP contribution in [0.4, 0.5) is 0 Å². The van der Waals surface area contributed by atoms with Crippen LogP contribution in [-0.4, -0.2) is 23.8 Å². The van der Waals surface area contributed by atoms with Crippen molar-refractivity contribution in [1.29, 1.82) is 0 Å². The number of hydrazone groups is 1. The van der Waals surface area contributed by atoms with Crippen molar-refractivity contribution in [2.24, 2.45) is 5.10 Å². The molecular formula is C15H11BrClIN2O3. The Kier molecular flexibility index (Phi) is 6.67. The van der Waals surface area contributed by atoms with Gasteiger partial charge >= 0.3 is 0 Å². The van der Waals surface area contributed by atoms with Crippen LogP contribution in [-0.2, 0) is 4.79 Å². The lowest BCUT2D eigenvalue weighted by Crippen LogP contribution is -2.24. The molecule has 0 aliphatic carbocycles. The van der Waals surface area contributed by atoms with E-state index in [-0.39, 0.29) is 12.4 Å². The highest BCUT2D eigenvalue weighted by molar-refractivity contribution is 14.1. The van der Waals surface area contributed by atoms with Crippen molar-refractivity contribution in [3.8, 4) is 11.5 Å². The van der Waals surface area contributed by atoms with Crippen LogP contribution in [0.25, 0.3) is 0 Å². The van der Waals surface area contributed by atoms with Crippen LogP contribution in [0.3, 0.4) is 0 Å². The minimum absolute atomic E-state index is 0.0877. The number of benzene rings is 2. The first-order valence-corrected chi connectivity index (χ1v) is 8.59. The number of amides is 1. The van der Waals surface area contributed by atoms with Gasteiger partial charge in [0.25, 0.3) is 5.91 Å². The fourth-order valence-corrected chi connectivity index (χ4v) is 2.88. The summed E-state index contributed by atoms with van der Waals surface area (Å²) >= 11 is 11.2. The van der Waals surface area contributed by atoms with E-state index in [2.05, 4.69) is 49.0 Å². The molecule has 0 saturated heterocycles. The topological polar surface area (TPSA) is 70.9 Å². The molecule has 0 bridgehead atoms. The van der Waals surface area contributed by atoms with Crippen LogP contribution in [0.15, 0.2) is 46.0 Å². The second-order valence-corrected chi connectivity index (χ2v) is 6.90. The van der Waals surface area contributed by atoms with E-state index in [1.807, 2.05) is 0 Å². The quantitative estimate of drug-likeness (QED) is 0.365. The summed E-state index contributed by atoms with van der Waals surface area (Å²) in [6.45, 7) is -0.199. The van der Waals surface area contributed by atoms with Crippen molar-refractivity contribution in [3.05, 3.63) is 55.0 Å². The average molecular weight is 510 g/mol. The van der Waals surface area contributed by atoms with Crippen LogP contribution in [0, 0.1) is 3.57 Å². The minimum Gasteiger partial charge on any atom is -0.507 e. The molecule has 0 heterocycles. The Labute approximate surface area is 160 Å². The van der Waals surface area contributed by atoms with Crippen molar-refractivity contribution in [1.82, 2.24) is 5.43 Å². The first kappa shape index (κ1) is 18.0. The zero-order valence-electron chi connectivity index (χ0n) is 11.6. The van der Waals surface area contributed by atoms with E-state index in [0.717, 1.165) is 3.57 Å². The number of aromatic hydroxyl groups is 1. The second kappa shape index (κ2) is 8.51. The van der Waals surface area contributed by atoms with Gasteiger partial charge in [-0.3, -0.25) is 4.79 Å². The number of rotatable bonds is 5. The van der Waals surface area contributed by atoms with Crippen molar-refractivity contribution in [2.45, 2.75) is 0 Å². The standard InChI is InChI=1S/C15H11BrClIN2O3/c16-12-6-10(17)1-4-14(12)23-8-15(22)20-19-7-9-5-11(18)2-3-13(9)21/h1-7,21H,8H2,(H,20,22). The van der Waals surface area contributed by atoms with Crippen molar-refractivity contribution >= 4 is 62.2 Å². The number of nitrogens with one attached hydrogen (secondary N) is 1. The van der Waals surface area contributed by atoms with Crippen LogP contribution in [0.2, 0.25) is 5.02 Å². The molecule has 1 amide bonds. The van der Waals surface area contributed by atoms with Crippen molar-refractivity contribution < 1.29 is 14.6 Å². The van der Waals surface area contributed by atoms with Crippen LogP contribution in [0.5, 0.6) is 11.5 Å². The summed E-state index contributed by atoms with van der Waals surface area (Å²) in [7, 11) is 0. The third kappa shape index (κ3) is 5.67. The lowest BCUT2D eigenvalue weighted by atomic mass is 10.2. The fourth-order valence-electron chi connectivity index (χ4n) is 1.57. The SMILES string of the molecule is O=C(COc1ccc(Cl)cc1Br)NN=Cc1cc(I)ccc1O. The van der Waals surface area contributed by atoms with E-state index in [0.29, 0.717) is 20.8 Å². The zero-order chi connectivity index (χ0) is 16.8. The summed E-state index contributed by atoms with van der Waals surface area (Å²) in [5.41, 5.74) is 2.84. The number of carbonyl (C=O) groups is 1. The molecule has 0 aliphatic heterocycles. The van der Waals surface area contributed by atoms with Gasteiger partial charge in [0.05, 0.1) is 10.7 Å². The van der Waals surface area contributed by atoms with E-state index >= 15 is 0 Å². The Hall–Kier alpha value is -1.32. The molecule has 0 saturated carbocycles. The van der Waals surface area contributed by atoms with E-state index in [4.69, 9.17) is 16.3 Å². The van der Waals surface area contributed by atoms with Gasteiger partial charge in [0.1, 0.15) is 11.5 Å². The van der Waals surface area contributed by atoms with Crippen molar-refractivity contribution in [3.63, 3.8) is 0 Å². The monoisotopic (exact) mass is 508 g/mol. The highest BCUT2D eigenvalue weighted by atomic mass is 127. The normalized spacial score (nSPS) is 10.7. The Morgan fingerprint density at radius 1 is 1.39 bits per heavy atom. The number of carbonyl (C=O) groups excluding carboxylic acids is 1. The van der Waals surface area contributed by atoms with Gasteiger partial charge in [0.2, 0.25) is 0 Å². The molecule has 5 nitrogen and oxygen atoms in total. The molecule has 2 aromatic rings. The van der Waals surface area contributed by atoms with E-state index in [9.17, 15) is 9.90 Å². The minimum atomic E-state index is -0.423. The molecular weight excluding hydrogens is 498 g/mol. The molecule has 120 valence electrons. The maximum absolute atomic E-state index is 11.7. The summed E-state index contributed by atoms with van der Waals surface area (Å²) in [6, 6.07) is 10.1. The Balaban J connectivity index is 1.87. The summed E-state index contributed by atoms with van der Waals surface area (Å²) in [5, 5.41) is 14.0. The summed E-state index contributed by atoms with van der Waals surface area (Å²) < 4.78 is 6.96. The molecule has 0 radical (unpaired) electrons. The molecule has 8 heteroatoms. The first-order chi connectivity index (χ1) is 11.0. The third-order valence-corrected chi connectivity index (χ3v) is 4.16. The van der Waals surface area contributed by atoms with E-state index in [1.54, 1.807) is 36.4 Å². The van der Waals surface area contributed by atoms with Crippen LogP contribution >= 0.6 is 50.1 Å². The molecule has 0 fully saturated rings. The summed E-state index contributed by atoms with van der Waals surface area (Å²) in [6.07, 6.45) is 1.37. The number of hydrogen-bond donors (Lipinski definition) is 2. The molecule has 0 unspecified atom stereocenters. The fraction of sp³-hybridized carbons (Fsp3) is 0.0667. The lowest BCUT2D eigenvalue weighted by Gasteiger charge is -2.07. The maximum Gasteiger partial charge on any atom is 0.277 e. The number of nitrogens with zero attached hydrogens (tertiary/aromatic N) is 1. The highest BCUT2D eigenvalue weighted by Gasteiger charge is 2.05. The molecule has 0 atom stereocenters. The van der Waals surface area contributed by atoms with Gasteiger partial charge in [0, 0.05) is 14.2 Å². The smallest absolute Gasteiger partial charge is 0.277 e. The Morgan fingerprint density at radius 3 is 2.91 bits per heavy atom. The summed E-state index contributed by atoms with van der Waals surface area (Å²) in [4.78, 5) is 11.7. The zero-order valence-corrected chi connectivity index (χ0v) is 16.1. The molecule has 2 N–H and O–H groups in total. The Bertz CT molecular complexity index is 755. The van der Waals surface area contributed by atoms with Gasteiger partial charge in [-0.15, -0.1) is 0 Å². The molecule has 0 aliphatic rings. The number of hydrogen-bond acceptors (Lipinski definition) is 4. The van der Waals surface area contributed by atoms with Crippen LogP contribution < -0.4 is 10.2 Å². The van der Waals surface area contributed by atoms with Crippen molar-refractivity contribution in [2.75, 3.05) is 6.61 Å². The van der Waals surface area contributed by atoms with E-state index < -0.39 is 5.91 Å². The van der Waals surface area contributed by atoms with Gasteiger partial charge in [-0.05, 0) is 74.9 Å². The second-order valence-electron chi connectivity index (χ2n) is 4.36. The largest absolute Gasteiger partial charge is 0.507 e. The molecule has 0 spiro atoms. The number of ether oxygens (including phenoxy) is 1. The first-order valence-electron chi connectivity index (χ1n) is 6.34. The molecule has 0 aromatic heterocycles. The highest BCUT2D eigenvalue weighted by Crippen LogP contribution is 2.27. The molecule has 2 rings (SSSR count). The molecule has 2 aromatic carbocycles. The predicted molar refractivity (Wildman–Crippen MR) is 101 cm³/mol. The maximum atomic E-state index is 11.7. The third-order valence-electron chi connectivity index (χ3n) is 2.64. The van der Waals surface area contributed by atoms with Gasteiger partial charge in [-0.25, -0.2) is 5.43 Å². The number of phenolic OH excluding ortho intramolecular Hbond substituents is 1. The van der Waals surface area contributed by atoms with Gasteiger partial charge in [-0.2, -0.15) is 5.10 Å². The van der Waals surface area contributed by atoms with Gasteiger partial charge in [-0.1, -0.05) is 11.6 Å². The summed E-state index contributed by atoms with van der Waals surface area (Å²) in [5.74, 6) is 0.168. The van der Waals surface area contributed by atoms with Gasteiger partial charge in [0.15, 0.2) is 6.61 Å². The van der Waals surface area contributed by atoms with E-state index in [1.165, 1.54) is 6.21 Å². The molecule has 23 heavy (non-hydrogen) atoms. The average Bonchev–Trinajstić information content (AvgIpc) is 2.50. The van der Waals surface area contributed by atoms with Gasteiger partial charge < -0.3 is 9.84 Å². The predicted octanol–water partition coefficient (Wildman–Crippen LogP) is 3.94. The van der Waals surface area contributed by atoms with Crippen LogP contribution in [0.1, 0.15) is 5.56 Å². The number of phenols is 1. The number of halogens is 3. The Morgan fingerprint density at radius 2 is 2.17 bits per heavy atom.